The Morgan fingerprint density at radius 3 is 0.953 bits per heavy atom. The topological polar surface area (TPSA) is 65.1 Å². The van der Waals surface area contributed by atoms with Gasteiger partial charge in [0.15, 0.2) is 6.29 Å². The van der Waals surface area contributed by atoms with E-state index in [9.17, 15) is 9.59 Å². The second-order valence-corrected chi connectivity index (χ2v) is 39.5. The molecule has 64 heavy (non-hydrogen) atoms. The second kappa shape index (κ2) is 82.7. The minimum atomic E-state index is -0.853. The smallest absolute Gasteiger partial charge is 0.177 e. The van der Waals surface area contributed by atoms with Gasteiger partial charge in [-0.2, -0.15) is 0 Å². The minimum absolute atomic E-state index is 0.0677. The first-order chi connectivity index (χ1) is 30.3. The van der Waals surface area contributed by atoms with Gasteiger partial charge in [0, 0.05) is 38.7 Å². The maximum absolute atomic E-state index is 9.91. The third-order valence-electron chi connectivity index (χ3n) is 6.85. The molecule has 0 bridgehead atoms. The van der Waals surface area contributed by atoms with Crippen molar-refractivity contribution >= 4 is 44.9 Å². The summed E-state index contributed by atoms with van der Waals surface area (Å²) < 4.78 is 15.7. The Balaban J connectivity index is -0.0000000500. The van der Waals surface area contributed by atoms with Crippen LogP contribution in [0.2, 0.25) is 103 Å². The third-order valence-corrected chi connectivity index (χ3v) is 14.3. The summed E-state index contributed by atoms with van der Waals surface area (Å²) >= 11 is 0. The molecular formula is C55H134O5Si4. The van der Waals surface area contributed by atoms with Gasteiger partial charge in [0.25, 0.3) is 0 Å². The number of rotatable bonds is 18. The lowest BCUT2D eigenvalue weighted by Crippen LogP contribution is -2.18. The van der Waals surface area contributed by atoms with Crippen LogP contribution in [0.1, 0.15) is 190 Å². The zero-order valence-corrected chi connectivity index (χ0v) is 55.3. The van der Waals surface area contributed by atoms with E-state index in [4.69, 9.17) is 14.2 Å². The van der Waals surface area contributed by atoms with Crippen LogP contribution < -0.4 is 0 Å². The molecule has 2 rings (SSSR count). The van der Waals surface area contributed by atoms with Gasteiger partial charge in [0.1, 0.15) is 12.6 Å². The zero-order chi connectivity index (χ0) is 54.1. The van der Waals surface area contributed by atoms with Gasteiger partial charge in [-0.1, -0.05) is 273 Å². The maximum Gasteiger partial charge on any atom is 0.177 e. The normalized spacial score (nSPS) is 12.8. The Hall–Kier alpha value is -0.432. The molecule has 2 heterocycles. The number of carbonyl (C=O) groups is 2. The SMILES string of the molecule is CC.CC.CC.CC.CC.CC.CC.CC.CC.CC.C[Si](C)(C)CCC/C=C\C1OCCO1.C[Si](C)(C)CCC/C=C\C=O.C[Si](C)(C)CCCC1CO1.C[Si](C)(C)CCCC=O. The number of allylic oxidation sites excluding steroid dienone is 3. The van der Waals surface area contributed by atoms with Crippen LogP contribution in [0.25, 0.3) is 0 Å². The summed E-state index contributed by atoms with van der Waals surface area (Å²) in [5.41, 5.74) is 0. The minimum Gasteiger partial charge on any atom is -0.373 e. The molecule has 2 aliphatic rings. The van der Waals surface area contributed by atoms with E-state index in [-0.39, 0.29) is 6.29 Å². The average molecular weight is 988 g/mol. The highest BCUT2D eigenvalue weighted by Gasteiger charge is 2.23. The van der Waals surface area contributed by atoms with E-state index in [1.54, 1.807) is 6.08 Å². The van der Waals surface area contributed by atoms with Gasteiger partial charge in [-0.25, -0.2) is 0 Å². The number of carbonyl (C=O) groups excluding carboxylic acids is 2. The maximum atomic E-state index is 9.91. The van der Waals surface area contributed by atoms with Gasteiger partial charge in [0.2, 0.25) is 0 Å². The van der Waals surface area contributed by atoms with Gasteiger partial charge >= 0.3 is 0 Å². The fourth-order valence-electron chi connectivity index (χ4n) is 4.16. The fraction of sp³-hybridized carbons (Fsp3) is 0.891. The summed E-state index contributed by atoms with van der Waals surface area (Å²) in [5.74, 6) is 0. The standard InChI is InChI=1S/C11H22O2Si.C9H18OSi.C8H18OSi.C7H16OSi.10C2H6/c1-14(2,3)10-6-4-5-7-11-12-8-9-13-11;1-11(2,3)9-7-5-4-6-8-10;1-10(2,3)6-4-5-8-7-9-8;1-9(2,3)7-5-4-6-8;10*1-2/h5,7,11H,4,6,8-10H2,1-3H3;4,6,8H,5,7,9H2,1-3H3;8H,4-7H2,1-3H3;6H,4-5,7H2,1-3H3;10*1-2H3/b7-5-;6-4-;;;;;;;;;;;;. The van der Waals surface area contributed by atoms with E-state index in [1.807, 2.05) is 151 Å². The summed E-state index contributed by atoms with van der Waals surface area (Å²) in [7, 11) is -3.28. The van der Waals surface area contributed by atoms with Gasteiger partial charge < -0.3 is 19.0 Å². The largest absolute Gasteiger partial charge is 0.373 e. The van der Waals surface area contributed by atoms with E-state index in [0.717, 1.165) is 58.1 Å². The lowest BCUT2D eigenvalue weighted by Gasteiger charge is -2.14. The number of epoxide rings is 1. The summed E-state index contributed by atoms with van der Waals surface area (Å²) in [5, 5.41) is 0. The van der Waals surface area contributed by atoms with Crippen LogP contribution in [-0.2, 0) is 23.8 Å². The molecule has 2 aliphatic heterocycles. The molecule has 0 N–H and O–H groups in total. The van der Waals surface area contributed by atoms with Gasteiger partial charge in [-0.05, 0) is 37.8 Å². The number of hydrogen-bond donors (Lipinski definition) is 0. The Morgan fingerprint density at radius 2 is 0.688 bits per heavy atom. The van der Waals surface area contributed by atoms with Crippen molar-refractivity contribution in [2.24, 2.45) is 0 Å². The summed E-state index contributed by atoms with van der Waals surface area (Å²) in [6.07, 6.45) is 19.5. The van der Waals surface area contributed by atoms with E-state index in [2.05, 4.69) is 84.6 Å². The molecule has 9 heteroatoms. The van der Waals surface area contributed by atoms with Crippen LogP contribution in [0.4, 0.5) is 0 Å². The van der Waals surface area contributed by atoms with E-state index in [0.29, 0.717) is 6.10 Å². The molecule has 0 spiro atoms. The Morgan fingerprint density at radius 1 is 0.406 bits per heavy atom. The van der Waals surface area contributed by atoms with E-state index >= 15 is 0 Å². The van der Waals surface area contributed by atoms with Crippen molar-refractivity contribution in [2.45, 2.75) is 305 Å². The third kappa shape index (κ3) is 144. The van der Waals surface area contributed by atoms with Crippen LogP contribution in [0.3, 0.4) is 0 Å². The average Bonchev–Trinajstić information content (AvgIpc) is 3.97. The fourth-order valence-corrected chi connectivity index (χ4v) is 9.22. The molecule has 1 atom stereocenters. The van der Waals surface area contributed by atoms with Crippen molar-refractivity contribution in [1.29, 1.82) is 0 Å². The highest BCUT2D eigenvalue weighted by atomic mass is 28.3. The lowest BCUT2D eigenvalue weighted by molar-refractivity contribution is -0.108. The molecule has 0 aromatic rings. The molecule has 0 saturated carbocycles. The Kier molecular flexibility index (Phi) is 121. The van der Waals surface area contributed by atoms with Crippen LogP contribution in [0, 0.1) is 0 Å². The number of unbranched alkanes of at least 4 members (excludes halogenated alkanes) is 3. The van der Waals surface area contributed by atoms with Crippen LogP contribution in [-0.4, -0.2) is 77.1 Å². The summed E-state index contributed by atoms with van der Waals surface area (Å²) in [6, 6.07) is 5.51. The monoisotopic (exact) mass is 987 g/mol. The van der Waals surface area contributed by atoms with Crippen molar-refractivity contribution in [3.8, 4) is 0 Å². The van der Waals surface area contributed by atoms with Crippen molar-refractivity contribution < 1.29 is 23.8 Å². The molecule has 0 aromatic heterocycles. The first-order valence-corrected chi connectivity index (χ1v) is 42.2. The molecule has 1 unspecified atom stereocenters. The molecule has 2 fully saturated rings. The Bertz CT molecular complexity index is 754. The molecule has 400 valence electrons. The summed E-state index contributed by atoms with van der Waals surface area (Å²) in [6.45, 7) is 71.2. The molecule has 0 radical (unpaired) electrons. The lowest BCUT2D eigenvalue weighted by atomic mass is 10.3. The predicted molar refractivity (Wildman–Crippen MR) is 319 cm³/mol. The quantitative estimate of drug-likeness (QED) is 0.0342. The number of hydrogen-bond acceptors (Lipinski definition) is 5. The molecule has 5 nitrogen and oxygen atoms in total. The zero-order valence-electron chi connectivity index (χ0n) is 51.3. The van der Waals surface area contributed by atoms with Crippen molar-refractivity contribution in [1.82, 2.24) is 0 Å². The highest BCUT2D eigenvalue weighted by Crippen LogP contribution is 2.20. The van der Waals surface area contributed by atoms with Crippen LogP contribution in [0.15, 0.2) is 24.3 Å². The predicted octanol–water partition coefficient (Wildman–Crippen LogP) is 21.0. The molecular weight excluding hydrogens is 853 g/mol. The van der Waals surface area contributed by atoms with E-state index in [1.165, 1.54) is 49.9 Å². The first-order valence-electron chi connectivity index (χ1n) is 27.3. The number of ether oxygens (including phenoxy) is 3. The highest BCUT2D eigenvalue weighted by molar-refractivity contribution is 6.77. The van der Waals surface area contributed by atoms with Crippen molar-refractivity contribution in [3.63, 3.8) is 0 Å². The van der Waals surface area contributed by atoms with Gasteiger partial charge in [0.05, 0.1) is 25.9 Å². The van der Waals surface area contributed by atoms with Gasteiger partial charge in [-0.15, -0.1) is 0 Å². The summed E-state index contributed by atoms with van der Waals surface area (Å²) in [4.78, 5) is 19.8. The van der Waals surface area contributed by atoms with Crippen LogP contribution >= 0.6 is 0 Å². The molecule has 0 aromatic carbocycles. The molecule has 0 amide bonds. The van der Waals surface area contributed by atoms with Crippen molar-refractivity contribution in [2.75, 3.05) is 19.8 Å². The van der Waals surface area contributed by atoms with Crippen molar-refractivity contribution in [3.05, 3.63) is 24.3 Å². The van der Waals surface area contributed by atoms with Crippen LogP contribution in [0.5, 0.6) is 0 Å². The second-order valence-electron chi connectivity index (χ2n) is 17.0. The molecule has 0 aliphatic carbocycles. The molecule has 2 saturated heterocycles. The van der Waals surface area contributed by atoms with E-state index < -0.39 is 32.3 Å². The number of aldehydes is 2. The first kappa shape index (κ1) is 93.6. The Labute approximate surface area is 415 Å². The van der Waals surface area contributed by atoms with Gasteiger partial charge in [-0.3, -0.25) is 4.79 Å².